The zero-order valence-corrected chi connectivity index (χ0v) is 5.67. The second-order valence-corrected chi connectivity index (χ2v) is 2.44. The number of aromatic nitrogens is 1. The molecular formula is C8H10N2. The average Bonchev–Trinajstić information content (AvgIpc) is 2.59. The molecular weight excluding hydrogens is 124 g/mol. The maximum atomic E-state index is 3.32. The first-order valence-corrected chi connectivity index (χ1v) is 3.50. The quantitative estimate of drug-likeness (QED) is 0.555. The van der Waals surface area contributed by atoms with Crippen molar-refractivity contribution in [2.24, 2.45) is 0 Å². The Balaban J connectivity index is 2.20. The van der Waals surface area contributed by atoms with E-state index in [0.717, 1.165) is 6.54 Å². The molecule has 0 radical (unpaired) electrons. The summed E-state index contributed by atoms with van der Waals surface area (Å²) in [5.41, 5.74) is 1.24. The molecule has 0 saturated heterocycles. The lowest BCUT2D eigenvalue weighted by molar-refractivity contribution is 0.696. The van der Waals surface area contributed by atoms with Crippen LogP contribution in [-0.2, 0) is 0 Å². The number of hydrogen-bond acceptors (Lipinski definition) is 1. The summed E-state index contributed by atoms with van der Waals surface area (Å²) in [7, 11) is 0. The molecule has 0 bridgehead atoms. The van der Waals surface area contributed by atoms with E-state index >= 15 is 0 Å². The van der Waals surface area contributed by atoms with Crippen LogP contribution in [-0.4, -0.2) is 11.5 Å². The first-order valence-electron chi connectivity index (χ1n) is 3.50. The minimum absolute atomic E-state index is 0.412. The van der Waals surface area contributed by atoms with Crippen molar-refractivity contribution in [3.63, 3.8) is 0 Å². The summed E-state index contributed by atoms with van der Waals surface area (Å²) in [6.07, 6.45) is 6.26. The van der Waals surface area contributed by atoms with Crippen LogP contribution in [0.15, 0.2) is 30.5 Å². The van der Waals surface area contributed by atoms with E-state index in [2.05, 4.69) is 28.5 Å². The fourth-order valence-electron chi connectivity index (χ4n) is 1.22. The molecule has 1 unspecified atom stereocenters. The Hall–Kier alpha value is -1.02. The van der Waals surface area contributed by atoms with Crippen LogP contribution in [0.2, 0.25) is 0 Å². The lowest BCUT2D eigenvalue weighted by atomic mass is 10.2. The highest BCUT2D eigenvalue weighted by molar-refractivity contribution is 5.18. The van der Waals surface area contributed by atoms with E-state index < -0.39 is 0 Å². The maximum Gasteiger partial charge on any atom is 0.0661 e. The third kappa shape index (κ3) is 0.866. The lowest BCUT2D eigenvalue weighted by Gasteiger charge is -2.04. The van der Waals surface area contributed by atoms with Gasteiger partial charge in [0.15, 0.2) is 0 Å². The molecule has 1 atom stereocenters. The van der Waals surface area contributed by atoms with Crippen LogP contribution in [0.25, 0.3) is 0 Å². The SMILES string of the molecule is C1=CC(c2ccc[nH]2)NC1. The Morgan fingerprint density at radius 2 is 2.50 bits per heavy atom. The van der Waals surface area contributed by atoms with Crippen LogP contribution in [0.5, 0.6) is 0 Å². The van der Waals surface area contributed by atoms with E-state index in [-0.39, 0.29) is 0 Å². The van der Waals surface area contributed by atoms with Crippen LogP contribution in [0.4, 0.5) is 0 Å². The summed E-state index contributed by atoms with van der Waals surface area (Å²) < 4.78 is 0. The van der Waals surface area contributed by atoms with Gasteiger partial charge < -0.3 is 10.3 Å². The molecule has 2 rings (SSSR count). The first kappa shape index (κ1) is 5.74. The molecule has 1 aliphatic heterocycles. The average molecular weight is 134 g/mol. The number of rotatable bonds is 1. The van der Waals surface area contributed by atoms with Gasteiger partial charge in [0.2, 0.25) is 0 Å². The fraction of sp³-hybridized carbons (Fsp3) is 0.250. The maximum absolute atomic E-state index is 3.32. The third-order valence-corrected chi connectivity index (χ3v) is 1.74. The highest BCUT2D eigenvalue weighted by atomic mass is 14.9. The van der Waals surface area contributed by atoms with Crippen LogP contribution < -0.4 is 5.32 Å². The Kier molecular flexibility index (Phi) is 1.32. The van der Waals surface area contributed by atoms with Gasteiger partial charge >= 0.3 is 0 Å². The normalized spacial score (nSPS) is 23.8. The Bertz CT molecular complexity index is 223. The van der Waals surface area contributed by atoms with Crippen molar-refractivity contribution in [2.75, 3.05) is 6.54 Å². The van der Waals surface area contributed by atoms with Gasteiger partial charge in [0.1, 0.15) is 0 Å². The Morgan fingerprint density at radius 1 is 1.50 bits per heavy atom. The van der Waals surface area contributed by atoms with Crippen LogP contribution in [0.3, 0.4) is 0 Å². The summed E-state index contributed by atoms with van der Waals surface area (Å²) >= 11 is 0. The molecule has 1 aromatic rings. The molecule has 0 aliphatic carbocycles. The predicted molar refractivity (Wildman–Crippen MR) is 40.7 cm³/mol. The molecule has 2 heteroatoms. The van der Waals surface area contributed by atoms with Crippen LogP contribution in [0.1, 0.15) is 11.7 Å². The third-order valence-electron chi connectivity index (χ3n) is 1.74. The minimum atomic E-state index is 0.412. The van der Waals surface area contributed by atoms with Crippen molar-refractivity contribution in [1.29, 1.82) is 0 Å². The molecule has 0 saturated carbocycles. The fourth-order valence-corrected chi connectivity index (χ4v) is 1.22. The zero-order chi connectivity index (χ0) is 6.81. The van der Waals surface area contributed by atoms with Crippen molar-refractivity contribution in [1.82, 2.24) is 10.3 Å². The van der Waals surface area contributed by atoms with Crippen molar-refractivity contribution < 1.29 is 0 Å². The minimum Gasteiger partial charge on any atom is -0.363 e. The summed E-state index contributed by atoms with van der Waals surface area (Å²) in [5, 5.41) is 3.32. The topological polar surface area (TPSA) is 27.8 Å². The molecule has 0 aromatic carbocycles. The van der Waals surface area contributed by atoms with E-state index in [1.807, 2.05) is 12.3 Å². The molecule has 1 aromatic heterocycles. The predicted octanol–water partition coefficient (Wildman–Crippen LogP) is 1.22. The van der Waals surface area contributed by atoms with Crippen LogP contribution >= 0.6 is 0 Å². The Morgan fingerprint density at radius 3 is 3.10 bits per heavy atom. The number of aromatic amines is 1. The van der Waals surface area contributed by atoms with E-state index in [4.69, 9.17) is 0 Å². The smallest absolute Gasteiger partial charge is 0.0661 e. The lowest BCUT2D eigenvalue weighted by Crippen LogP contribution is -2.13. The highest BCUT2D eigenvalue weighted by Crippen LogP contribution is 2.14. The van der Waals surface area contributed by atoms with Crippen molar-refractivity contribution in [2.45, 2.75) is 6.04 Å². The van der Waals surface area contributed by atoms with Gasteiger partial charge in [-0.1, -0.05) is 12.2 Å². The summed E-state index contributed by atoms with van der Waals surface area (Å²) in [6, 6.07) is 4.52. The second kappa shape index (κ2) is 2.31. The molecule has 52 valence electrons. The van der Waals surface area contributed by atoms with E-state index in [0.29, 0.717) is 6.04 Å². The van der Waals surface area contributed by atoms with E-state index in [1.165, 1.54) is 5.69 Å². The molecule has 2 nitrogen and oxygen atoms in total. The van der Waals surface area contributed by atoms with Crippen LogP contribution in [0, 0.1) is 0 Å². The number of hydrogen-bond donors (Lipinski definition) is 2. The molecule has 2 heterocycles. The molecule has 1 aliphatic rings. The van der Waals surface area contributed by atoms with Gasteiger partial charge in [0.25, 0.3) is 0 Å². The molecule has 0 amide bonds. The molecule has 0 spiro atoms. The van der Waals surface area contributed by atoms with E-state index in [1.54, 1.807) is 0 Å². The van der Waals surface area contributed by atoms with Gasteiger partial charge in [-0.25, -0.2) is 0 Å². The summed E-state index contributed by atoms with van der Waals surface area (Å²) in [4.78, 5) is 3.17. The Labute approximate surface area is 60.0 Å². The highest BCUT2D eigenvalue weighted by Gasteiger charge is 2.09. The summed E-state index contributed by atoms with van der Waals surface area (Å²) in [6.45, 7) is 0.990. The van der Waals surface area contributed by atoms with Crippen molar-refractivity contribution in [3.8, 4) is 0 Å². The van der Waals surface area contributed by atoms with Crippen molar-refractivity contribution >= 4 is 0 Å². The van der Waals surface area contributed by atoms with Gasteiger partial charge in [0, 0.05) is 18.4 Å². The largest absolute Gasteiger partial charge is 0.363 e. The van der Waals surface area contributed by atoms with E-state index in [9.17, 15) is 0 Å². The molecule has 0 fully saturated rings. The van der Waals surface area contributed by atoms with Gasteiger partial charge in [-0.15, -0.1) is 0 Å². The standard InChI is InChI=1S/C8H10N2/c1-3-7(9-5-1)8-4-2-6-10-8/h1-5,8-10H,6H2. The van der Waals surface area contributed by atoms with Gasteiger partial charge in [-0.2, -0.15) is 0 Å². The second-order valence-electron chi connectivity index (χ2n) is 2.44. The summed E-state index contributed by atoms with van der Waals surface area (Å²) in [5.74, 6) is 0. The van der Waals surface area contributed by atoms with Crippen molar-refractivity contribution in [3.05, 3.63) is 36.2 Å². The number of H-pyrrole nitrogens is 1. The monoisotopic (exact) mass is 134 g/mol. The van der Waals surface area contributed by atoms with Gasteiger partial charge in [-0.05, 0) is 12.1 Å². The van der Waals surface area contributed by atoms with Gasteiger partial charge in [-0.3, -0.25) is 0 Å². The number of nitrogens with one attached hydrogen (secondary N) is 2. The zero-order valence-electron chi connectivity index (χ0n) is 5.67. The van der Waals surface area contributed by atoms with Gasteiger partial charge in [0.05, 0.1) is 6.04 Å². The molecule has 10 heavy (non-hydrogen) atoms. The first-order chi connectivity index (χ1) is 4.97. The molecule has 2 N–H and O–H groups in total.